The van der Waals surface area contributed by atoms with E-state index in [9.17, 15) is 27.6 Å². The third-order valence-electron chi connectivity index (χ3n) is 4.57. The van der Waals surface area contributed by atoms with Crippen LogP contribution in [0.25, 0.3) is 6.08 Å². The maximum atomic E-state index is 13.2. The number of ketones is 1. The Morgan fingerprint density at radius 3 is 2.32 bits per heavy atom. The third kappa shape index (κ3) is 5.44. The minimum Gasteiger partial charge on any atom is -0.322 e. The summed E-state index contributed by atoms with van der Waals surface area (Å²) < 4.78 is 39.6. The van der Waals surface area contributed by atoms with Gasteiger partial charge in [-0.25, -0.2) is 5.43 Å². The molecule has 0 spiro atoms. The van der Waals surface area contributed by atoms with Gasteiger partial charge in [0.15, 0.2) is 5.78 Å². The number of hydrogen-bond donors (Lipinski definition) is 2. The molecule has 1 heterocycles. The fourth-order valence-corrected chi connectivity index (χ4v) is 2.99. The molecule has 0 unspecified atom stereocenters. The van der Waals surface area contributed by atoms with Crippen molar-refractivity contribution < 1.29 is 27.6 Å². The molecule has 9 heteroatoms. The van der Waals surface area contributed by atoms with Crippen molar-refractivity contribution in [1.29, 1.82) is 0 Å². The van der Waals surface area contributed by atoms with Crippen molar-refractivity contribution in [2.24, 2.45) is 5.10 Å². The fourth-order valence-electron chi connectivity index (χ4n) is 2.99. The molecule has 31 heavy (non-hydrogen) atoms. The molecule has 3 rings (SSSR count). The van der Waals surface area contributed by atoms with Crippen LogP contribution in [-0.4, -0.2) is 23.3 Å². The molecule has 0 fully saturated rings. The van der Waals surface area contributed by atoms with Crippen molar-refractivity contribution in [3.8, 4) is 0 Å². The monoisotopic (exact) mass is 429 g/mol. The van der Waals surface area contributed by atoms with Crippen LogP contribution in [0.3, 0.4) is 0 Å². The molecule has 2 N–H and O–H groups in total. The number of hydrazone groups is 1. The largest absolute Gasteiger partial charge is 0.416 e. The molecule has 1 aliphatic rings. The molecular weight excluding hydrogens is 411 g/mol. The van der Waals surface area contributed by atoms with Gasteiger partial charge in [0, 0.05) is 18.5 Å². The highest BCUT2D eigenvalue weighted by molar-refractivity contribution is 6.25. The van der Waals surface area contributed by atoms with Gasteiger partial charge >= 0.3 is 6.18 Å². The Bertz CT molecular complexity index is 1090. The number of carbonyl (C=O) groups is 3. The predicted molar refractivity (Wildman–Crippen MR) is 109 cm³/mol. The second-order valence-electron chi connectivity index (χ2n) is 6.82. The number of benzene rings is 2. The molecule has 0 bridgehead atoms. The summed E-state index contributed by atoms with van der Waals surface area (Å²) in [6, 6.07) is 11.2. The summed E-state index contributed by atoms with van der Waals surface area (Å²) in [6.45, 7) is 1.11. The number of nitrogens with one attached hydrogen (secondary N) is 2. The highest BCUT2D eigenvalue weighted by Crippen LogP contribution is 2.33. The zero-order valence-electron chi connectivity index (χ0n) is 16.4. The Hall–Kier alpha value is -3.75. The van der Waals surface area contributed by atoms with Crippen LogP contribution in [0.1, 0.15) is 36.5 Å². The van der Waals surface area contributed by atoms with Gasteiger partial charge in [0.05, 0.1) is 16.8 Å². The maximum Gasteiger partial charge on any atom is 0.416 e. The van der Waals surface area contributed by atoms with Gasteiger partial charge in [-0.2, -0.15) is 18.3 Å². The SMILES string of the molecule is CC(=O)/C(=C\c1ccccc1C(F)(F)F)C(=O)Nc1ccc(C2=NNC(=O)CC2)cc1. The fraction of sp³-hybridized carbons (Fsp3) is 0.182. The number of amides is 2. The van der Waals surface area contributed by atoms with Crippen molar-refractivity contribution in [2.75, 3.05) is 5.32 Å². The molecule has 1 aliphatic heterocycles. The van der Waals surface area contributed by atoms with Gasteiger partial charge in [-0.3, -0.25) is 14.4 Å². The summed E-state index contributed by atoms with van der Waals surface area (Å²) in [5, 5.41) is 6.50. The second-order valence-corrected chi connectivity index (χ2v) is 6.82. The van der Waals surface area contributed by atoms with Gasteiger partial charge in [-0.05, 0) is 42.3 Å². The molecule has 2 aromatic rings. The number of anilines is 1. The maximum absolute atomic E-state index is 13.2. The van der Waals surface area contributed by atoms with Crippen LogP contribution in [-0.2, 0) is 20.6 Å². The van der Waals surface area contributed by atoms with Crippen LogP contribution in [0, 0.1) is 0 Å². The average Bonchev–Trinajstić information content (AvgIpc) is 2.72. The molecular formula is C22H18F3N3O3. The van der Waals surface area contributed by atoms with E-state index >= 15 is 0 Å². The van der Waals surface area contributed by atoms with Crippen LogP contribution in [0.2, 0.25) is 0 Å². The van der Waals surface area contributed by atoms with E-state index < -0.39 is 29.0 Å². The minimum atomic E-state index is -4.62. The second kappa shape index (κ2) is 8.95. The highest BCUT2D eigenvalue weighted by Gasteiger charge is 2.33. The van der Waals surface area contributed by atoms with Gasteiger partial charge in [0.25, 0.3) is 5.91 Å². The number of rotatable bonds is 5. The van der Waals surface area contributed by atoms with Gasteiger partial charge in [-0.15, -0.1) is 0 Å². The summed E-state index contributed by atoms with van der Waals surface area (Å²) in [6.07, 6.45) is -2.88. The van der Waals surface area contributed by atoms with Gasteiger partial charge in [-0.1, -0.05) is 30.3 Å². The summed E-state index contributed by atoms with van der Waals surface area (Å²) in [7, 11) is 0. The lowest BCUT2D eigenvalue weighted by Crippen LogP contribution is -2.25. The first-order valence-corrected chi connectivity index (χ1v) is 9.31. The van der Waals surface area contributed by atoms with E-state index in [0.29, 0.717) is 24.2 Å². The molecule has 6 nitrogen and oxygen atoms in total. The molecule has 2 aromatic carbocycles. The lowest BCUT2D eigenvalue weighted by molar-refractivity contribution is -0.137. The van der Waals surface area contributed by atoms with E-state index in [2.05, 4.69) is 15.8 Å². The van der Waals surface area contributed by atoms with E-state index in [1.807, 2.05) is 0 Å². The Kier molecular flexibility index (Phi) is 6.33. The zero-order chi connectivity index (χ0) is 22.6. The molecule has 160 valence electrons. The summed E-state index contributed by atoms with van der Waals surface area (Å²) in [5.41, 5.74) is 2.57. The van der Waals surface area contributed by atoms with E-state index in [0.717, 1.165) is 24.6 Å². The normalized spacial score (nSPS) is 14.5. The number of alkyl halides is 3. The summed E-state index contributed by atoms with van der Waals surface area (Å²) >= 11 is 0. The zero-order valence-corrected chi connectivity index (χ0v) is 16.4. The van der Waals surface area contributed by atoms with Crippen molar-refractivity contribution in [3.63, 3.8) is 0 Å². The Morgan fingerprint density at radius 2 is 1.74 bits per heavy atom. The van der Waals surface area contributed by atoms with Crippen LogP contribution < -0.4 is 10.7 Å². The van der Waals surface area contributed by atoms with Crippen molar-refractivity contribution in [3.05, 3.63) is 70.8 Å². The first-order valence-electron chi connectivity index (χ1n) is 9.31. The minimum absolute atomic E-state index is 0.164. The van der Waals surface area contributed by atoms with Gasteiger partial charge in [0.2, 0.25) is 5.91 Å². The molecule has 2 amide bonds. The van der Waals surface area contributed by atoms with Gasteiger partial charge in [0.1, 0.15) is 0 Å². The Balaban J connectivity index is 1.82. The van der Waals surface area contributed by atoms with E-state index in [4.69, 9.17) is 0 Å². The average molecular weight is 429 g/mol. The molecule has 0 aromatic heterocycles. The number of carbonyl (C=O) groups excluding carboxylic acids is 3. The highest BCUT2D eigenvalue weighted by atomic mass is 19.4. The van der Waals surface area contributed by atoms with Crippen LogP contribution in [0.5, 0.6) is 0 Å². The first-order chi connectivity index (χ1) is 14.6. The number of halogens is 3. The standard InChI is InChI=1S/C22H18F3N3O3/c1-13(29)17(12-15-4-2-3-5-18(15)22(23,24)25)21(31)26-16-8-6-14(7-9-16)19-10-11-20(30)28-27-19/h2-9,12H,10-11H2,1H3,(H,26,31)(H,28,30)/b17-12+. The van der Waals surface area contributed by atoms with Crippen molar-refractivity contribution in [1.82, 2.24) is 5.43 Å². The summed E-state index contributed by atoms with van der Waals surface area (Å²) in [5.74, 6) is -1.65. The lowest BCUT2D eigenvalue weighted by atomic mass is 10.0. The summed E-state index contributed by atoms with van der Waals surface area (Å²) in [4.78, 5) is 35.7. The quantitative estimate of drug-likeness (QED) is 0.429. The molecule has 0 radical (unpaired) electrons. The van der Waals surface area contributed by atoms with Crippen molar-refractivity contribution >= 4 is 35.1 Å². The smallest absolute Gasteiger partial charge is 0.322 e. The van der Waals surface area contributed by atoms with Crippen LogP contribution in [0.4, 0.5) is 18.9 Å². The Morgan fingerprint density at radius 1 is 1.06 bits per heavy atom. The Labute approximate surface area is 175 Å². The molecule has 0 aliphatic carbocycles. The molecule has 0 atom stereocenters. The lowest BCUT2D eigenvalue weighted by Gasteiger charge is -2.13. The van der Waals surface area contributed by atoms with E-state index in [1.54, 1.807) is 24.3 Å². The number of hydrogen-bond acceptors (Lipinski definition) is 4. The molecule has 0 saturated heterocycles. The molecule has 0 saturated carbocycles. The van der Waals surface area contributed by atoms with E-state index in [-0.39, 0.29) is 11.5 Å². The number of Topliss-reactive ketones (excluding diaryl/α,β-unsaturated/α-hetero) is 1. The van der Waals surface area contributed by atoms with E-state index in [1.165, 1.54) is 18.2 Å². The number of nitrogens with zero attached hydrogens (tertiary/aromatic N) is 1. The first kappa shape index (κ1) is 21.9. The van der Waals surface area contributed by atoms with Crippen LogP contribution in [0.15, 0.2) is 59.2 Å². The topological polar surface area (TPSA) is 87.6 Å². The van der Waals surface area contributed by atoms with Gasteiger partial charge < -0.3 is 5.32 Å². The van der Waals surface area contributed by atoms with Crippen molar-refractivity contribution in [2.45, 2.75) is 25.9 Å². The third-order valence-corrected chi connectivity index (χ3v) is 4.57. The van der Waals surface area contributed by atoms with Crippen LogP contribution >= 0.6 is 0 Å². The predicted octanol–water partition coefficient (Wildman–Crippen LogP) is 3.93.